The molecule has 4 amide bonds. The van der Waals surface area contributed by atoms with Gasteiger partial charge in [0.15, 0.2) is 0 Å². The van der Waals surface area contributed by atoms with Crippen LogP contribution in [0.25, 0.3) is 0 Å². The summed E-state index contributed by atoms with van der Waals surface area (Å²) in [6.45, 7) is 1.38. The number of nitriles is 1. The van der Waals surface area contributed by atoms with Crippen LogP contribution in [0.3, 0.4) is 0 Å². The molecule has 1 aliphatic rings. The Morgan fingerprint density at radius 2 is 1.79 bits per heavy atom. The third-order valence-corrected chi connectivity index (χ3v) is 4.92. The second-order valence-corrected chi connectivity index (χ2v) is 7.01. The van der Waals surface area contributed by atoms with Crippen molar-refractivity contribution in [3.8, 4) is 6.07 Å². The molecule has 2 aromatic carbocycles. The van der Waals surface area contributed by atoms with Crippen molar-refractivity contribution in [3.63, 3.8) is 0 Å². The molecule has 1 N–H and O–H groups in total. The van der Waals surface area contributed by atoms with E-state index >= 15 is 0 Å². The maximum absolute atomic E-state index is 13.2. The molecule has 1 saturated heterocycles. The first-order chi connectivity index (χ1) is 13.7. The van der Waals surface area contributed by atoms with Gasteiger partial charge in [0, 0.05) is 13.6 Å². The van der Waals surface area contributed by atoms with Crippen LogP contribution in [0, 0.1) is 17.1 Å². The average Bonchev–Trinajstić information content (AvgIpc) is 2.92. The van der Waals surface area contributed by atoms with Crippen LogP contribution in [-0.4, -0.2) is 41.2 Å². The Morgan fingerprint density at radius 1 is 1.17 bits per heavy atom. The highest BCUT2D eigenvalue weighted by Crippen LogP contribution is 2.28. The molecule has 0 spiro atoms. The standard InChI is InChI=1S/C21H19FN4O3/c1-21(16-7-9-17(22)10-8-16)19(28)26(20(29)24-21)13-18(27)25(2)12-15-5-3-14(11-23)4-6-15/h3-10H,12-13H2,1-2H3,(H,24,29). The summed E-state index contributed by atoms with van der Waals surface area (Å²) in [6.07, 6.45) is 0. The van der Waals surface area contributed by atoms with Gasteiger partial charge in [0.25, 0.3) is 5.91 Å². The minimum Gasteiger partial charge on any atom is -0.340 e. The van der Waals surface area contributed by atoms with Crippen molar-refractivity contribution in [3.05, 3.63) is 71.0 Å². The van der Waals surface area contributed by atoms with E-state index < -0.39 is 35.7 Å². The summed E-state index contributed by atoms with van der Waals surface area (Å²) in [5.41, 5.74) is 0.394. The number of hydrogen-bond donors (Lipinski definition) is 1. The Bertz CT molecular complexity index is 998. The van der Waals surface area contributed by atoms with Crippen LogP contribution in [0.2, 0.25) is 0 Å². The highest BCUT2D eigenvalue weighted by atomic mass is 19.1. The molecule has 0 saturated carbocycles. The van der Waals surface area contributed by atoms with Gasteiger partial charge in [-0.3, -0.25) is 14.5 Å². The summed E-state index contributed by atoms with van der Waals surface area (Å²) in [5, 5.41) is 11.4. The van der Waals surface area contributed by atoms with Gasteiger partial charge in [-0.15, -0.1) is 0 Å². The molecule has 1 fully saturated rings. The third kappa shape index (κ3) is 3.94. The van der Waals surface area contributed by atoms with Gasteiger partial charge in [0.1, 0.15) is 17.9 Å². The maximum Gasteiger partial charge on any atom is 0.325 e. The molecule has 0 aliphatic carbocycles. The van der Waals surface area contributed by atoms with Crippen molar-refractivity contribution >= 4 is 17.8 Å². The number of nitrogens with one attached hydrogen (secondary N) is 1. The molecule has 2 aromatic rings. The highest BCUT2D eigenvalue weighted by Gasteiger charge is 2.49. The maximum atomic E-state index is 13.2. The molecule has 148 valence electrons. The summed E-state index contributed by atoms with van der Waals surface area (Å²) >= 11 is 0. The average molecular weight is 394 g/mol. The number of carbonyl (C=O) groups is 3. The molecule has 1 unspecified atom stereocenters. The number of hydrogen-bond acceptors (Lipinski definition) is 4. The van der Waals surface area contributed by atoms with E-state index in [4.69, 9.17) is 5.26 Å². The normalized spacial score (nSPS) is 18.3. The predicted molar refractivity (Wildman–Crippen MR) is 102 cm³/mol. The summed E-state index contributed by atoms with van der Waals surface area (Å²) in [4.78, 5) is 40.0. The Balaban J connectivity index is 1.69. The fraction of sp³-hybridized carbons (Fsp3) is 0.238. The van der Waals surface area contributed by atoms with Gasteiger partial charge in [-0.2, -0.15) is 5.26 Å². The summed E-state index contributed by atoms with van der Waals surface area (Å²) < 4.78 is 13.2. The first kappa shape index (κ1) is 20.0. The number of nitrogens with zero attached hydrogens (tertiary/aromatic N) is 3. The predicted octanol–water partition coefficient (Wildman–Crippen LogP) is 2.12. The monoisotopic (exact) mass is 394 g/mol. The molecule has 8 heteroatoms. The fourth-order valence-corrected chi connectivity index (χ4v) is 3.12. The molecule has 0 bridgehead atoms. The van der Waals surface area contributed by atoms with Crippen molar-refractivity contribution in [1.82, 2.24) is 15.1 Å². The van der Waals surface area contributed by atoms with Gasteiger partial charge in [-0.25, -0.2) is 9.18 Å². The topological polar surface area (TPSA) is 93.5 Å². The number of urea groups is 1. The van der Waals surface area contributed by atoms with Crippen molar-refractivity contribution in [2.45, 2.75) is 19.0 Å². The van der Waals surface area contributed by atoms with Crippen LogP contribution in [0.5, 0.6) is 0 Å². The molecule has 0 radical (unpaired) electrons. The zero-order valence-corrected chi connectivity index (χ0v) is 16.0. The number of halogens is 1. The van der Waals surface area contributed by atoms with E-state index in [-0.39, 0.29) is 6.54 Å². The van der Waals surface area contributed by atoms with Crippen LogP contribution in [0.15, 0.2) is 48.5 Å². The van der Waals surface area contributed by atoms with Gasteiger partial charge in [-0.05, 0) is 42.3 Å². The van der Waals surface area contributed by atoms with Gasteiger partial charge in [0.05, 0.1) is 11.6 Å². The van der Waals surface area contributed by atoms with E-state index in [0.29, 0.717) is 11.1 Å². The minimum atomic E-state index is -1.36. The molecule has 0 aromatic heterocycles. The lowest BCUT2D eigenvalue weighted by Crippen LogP contribution is -2.43. The third-order valence-electron chi connectivity index (χ3n) is 4.92. The van der Waals surface area contributed by atoms with Gasteiger partial charge in [-0.1, -0.05) is 24.3 Å². The Hall–Kier alpha value is -3.73. The van der Waals surface area contributed by atoms with Crippen molar-refractivity contribution in [2.24, 2.45) is 0 Å². The van der Waals surface area contributed by atoms with Crippen molar-refractivity contribution in [1.29, 1.82) is 5.26 Å². The lowest BCUT2D eigenvalue weighted by molar-refractivity contribution is -0.138. The second-order valence-electron chi connectivity index (χ2n) is 7.01. The SMILES string of the molecule is CN(Cc1ccc(C#N)cc1)C(=O)CN1C(=O)NC(C)(c2ccc(F)cc2)C1=O. The van der Waals surface area contributed by atoms with Crippen LogP contribution < -0.4 is 5.32 Å². The first-order valence-corrected chi connectivity index (χ1v) is 8.88. The smallest absolute Gasteiger partial charge is 0.325 e. The van der Waals surface area contributed by atoms with Crippen LogP contribution in [0.1, 0.15) is 23.6 Å². The fourth-order valence-electron chi connectivity index (χ4n) is 3.12. The largest absolute Gasteiger partial charge is 0.340 e. The van der Waals surface area contributed by atoms with E-state index in [2.05, 4.69) is 5.32 Å². The van der Waals surface area contributed by atoms with Crippen molar-refractivity contribution in [2.75, 3.05) is 13.6 Å². The number of carbonyl (C=O) groups excluding carboxylic acids is 3. The van der Waals surface area contributed by atoms with E-state index in [1.54, 1.807) is 31.3 Å². The van der Waals surface area contributed by atoms with Gasteiger partial charge in [0.2, 0.25) is 5.91 Å². The zero-order chi connectivity index (χ0) is 21.2. The van der Waals surface area contributed by atoms with Crippen LogP contribution in [0.4, 0.5) is 9.18 Å². The molecule has 3 rings (SSSR count). The molecule has 29 heavy (non-hydrogen) atoms. The van der Waals surface area contributed by atoms with Crippen LogP contribution >= 0.6 is 0 Å². The number of rotatable bonds is 5. The molecule has 7 nitrogen and oxygen atoms in total. The summed E-state index contributed by atoms with van der Waals surface area (Å²) in [5.74, 6) is -1.44. The number of amides is 4. The van der Waals surface area contributed by atoms with E-state index in [9.17, 15) is 18.8 Å². The lowest BCUT2D eigenvalue weighted by atomic mass is 9.92. The minimum absolute atomic E-state index is 0.267. The van der Waals surface area contributed by atoms with Gasteiger partial charge < -0.3 is 10.2 Å². The molecule has 1 aliphatic heterocycles. The lowest BCUT2D eigenvalue weighted by Gasteiger charge is -2.23. The van der Waals surface area contributed by atoms with Crippen LogP contribution in [-0.2, 0) is 21.7 Å². The van der Waals surface area contributed by atoms with Gasteiger partial charge >= 0.3 is 6.03 Å². The van der Waals surface area contributed by atoms with E-state index in [1.807, 2.05) is 6.07 Å². The Kier molecular flexibility index (Phi) is 5.33. The number of imide groups is 1. The second kappa shape index (κ2) is 7.72. The quantitative estimate of drug-likeness (QED) is 0.786. The molecular weight excluding hydrogens is 375 g/mol. The Labute approximate surface area is 167 Å². The molecular formula is C21H19FN4O3. The summed E-state index contributed by atoms with van der Waals surface area (Å²) in [6, 6.07) is 13.4. The number of likely N-dealkylation sites (N-methyl/N-ethyl adjacent to an activating group) is 1. The Morgan fingerprint density at radius 3 is 2.38 bits per heavy atom. The van der Waals surface area contributed by atoms with E-state index in [1.165, 1.54) is 36.1 Å². The van der Waals surface area contributed by atoms with E-state index in [0.717, 1.165) is 10.5 Å². The summed E-state index contributed by atoms with van der Waals surface area (Å²) in [7, 11) is 1.57. The van der Waals surface area contributed by atoms with Crippen molar-refractivity contribution < 1.29 is 18.8 Å². The zero-order valence-electron chi connectivity index (χ0n) is 16.0. The molecule has 1 heterocycles. The number of benzene rings is 2. The molecule has 1 atom stereocenters. The first-order valence-electron chi connectivity index (χ1n) is 8.88. The highest BCUT2D eigenvalue weighted by molar-refractivity contribution is 6.09.